The van der Waals surface area contributed by atoms with E-state index >= 15 is 0 Å². The van der Waals surface area contributed by atoms with E-state index in [1.54, 1.807) is 24.3 Å². The first kappa shape index (κ1) is 17.9. The number of benzene rings is 2. The zero-order valence-electron chi connectivity index (χ0n) is 12.8. The van der Waals surface area contributed by atoms with Crippen molar-refractivity contribution in [1.82, 2.24) is 0 Å². The van der Waals surface area contributed by atoms with Crippen LogP contribution in [0.25, 0.3) is 11.3 Å². The molecule has 0 saturated heterocycles. The quantitative estimate of drug-likeness (QED) is 0.463. The van der Waals surface area contributed by atoms with E-state index in [-0.39, 0.29) is 11.4 Å². The topological polar surface area (TPSA) is 85.4 Å². The Hall–Kier alpha value is -2.90. The van der Waals surface area contributed by atoms with Gasteiger partial charge in [0.2, 0.25) is 5.82 Å². The summed E-state index contributed by atoms with van der Waals surface area (Å²) in [4.78, 5) is 22.1. The number of rotatable bonds is 4. The molecule has 3 rings (SSSR count). The second-order valence-electron chi connectivity index (χ2n) is 5.17. The lowest BCUT2D eigenvalue weighted by atomic mass is 10.2. The van der Waals surface area contributed by atoms with Crippen LogP contribution in [-0.4, -0.2) is 10.8 Å². The fourth-order valence-electron chi connectivity index (χ4n) is 2.21. The van der Waals surface area contributed by atoms with Gasteiger partial charge in [-0.1, -0.05) is 23.2 Å². The van der Waals surface area contributed by atoms with Gasteiger partial charge in [0.1, 0.15) is 5.76 Å². The molecule has 0 aliphatic carbocycles. The Bertz CT molecular complexity index is 1020. The van der Waals surface area contributed by atoms with Crippen LogP contribution < -0.4 is 5.32 Å². The summed E-state index contributed by atoms with van der Waals surface area (Å²) in [5.74, 6) is -1.38. The molecule has 0 spiro atoms. The molecule has 0 aliphatic rings. The first-order valence-electron chi connectivity index (χ1n) is 7.15. The van der Waals surface area contributed by atoms with Gasteiger partial charge in [0.15, 0.2) is 5.76 Å². The minimum atomic E-state index is -0.996. The molecule has 0 bridgehead atoms. The number of nitrogens with zero attached hydrogens (tertiary/aromatic N) is 1. The largest absolute Gasteiger partial charge is 0.451 e. The van der Waals surface area contributed by atoms with Crippen molar-refractivity contribution < 1.29 is 18.5 Å². The minimum absolute atomic E-state index is 0.0528. The number of anilines is 1. The zero-order valence-corrected chi connectivity index (χ0v) is 14.3. The number of halogens is 3. The van der Waals surface area contributed by atoms with Crippen molar-refractivity contribution in [2.45, 2.75) is 0 Å². The summed E-state index contributed by atoms with van der Waals surface area (Å²) in [6.07, 6.45) is 0. The molecule has 132 valence electrons. The Kier molecular flexibility index (Phi) is 4.92. The van der Waals surface area contributed by atoms with Crippen LogP contribution in [0, 0.1) is 15.9 Å². The second-order valence-corrected chi connectivity index (χ2v) is 6.01. The predicted octanol–water partition coefficient (Wildman–Crippen LogP) is 5.55. The molecule has 0 saturated carbocycles. The van der Waals surface area contributed by atoms with Gasteiger partial charge in [-0.3, -0.25) is 14.9 Å². The lowest BCUT2D eigenvalue weighted by Gasteiger charge is -2.04. The normalized spacial score (nSPS) is 10.6. The molecule has 0 fully saturated rings. The Morgan fingerprint density at radius 1 is 1.12 bits per heavy atom. The summed E-state index contributed by atoms with van der Waals surface area (Å²) in [7, 11) is 0. The Balaban J connectivity index is 1.84. The number of hydrogen-bond acceptors (Lipinski definition) is 4. The molecule has 2 aromatic carbocycles. The Morgan fingerprint density at radius 2 is 1.88 bits per heavy atom. The average Bonchev–Trinajstić information content (AvgIpc) is 3.08. The van der Waals surface area contributed by atoms with E-state index in [9.17, 15) is 19.3 Å². The zero-order chi connectivity index (χ0) is 18.8. The van der Waals surface area contributed by atoms with E-state index in [0.717, 1.165) is 12.1 Å². The average molecular weight is 395 g/mol. The molecule has 3 aromatic rings. The van der Waals surface area contributed by atoms with Crippen LogP contribution in [-0.2, 0) is 0 Å². The van der Waals surface area contributed by atoms with Gasteiger partial charge in [-0.05, 0) is 42.5 Å². The number of nitrogens with one attached hydrogen (secondary N) is 1. The summed E-state index contributed by atoms with van der Waals surface area (Å²) in [6.45, 7) is 0. The molecule has 1 aromatic heterocycles. The fourth-order valence-corrected chi connectivity index (χ4v) is 2.60. The summed E-state index contributed by atoms with van der Waals surface area (Å²) in [5.41, 5.74) is -0.175. The molecule has 1 heterocycles. The number of amides is 1. The molecule has 1 amide bonds. The number of nitro benzene ring substituents is 1. The van der Waals surface area contributed by atoms with Crippen molar-refractivity contribution in [2.24, 2.45) is 0 Å². The van der Waals surface area contributed by atoms with Crippen molar-refractivity contribution in [3.05, 3.63) is 80.3 Å². The number of nitro groups is 1. The van der Waals surface area contributed by atoms with Crippen LogP contribution in [0.4, 0.5) is 15.8 Å². The van der Waals surface area contributed by atoms with E-state index in [1.165, 1.54) is 12.1 Å². The number of carbonyl (C=O) groups is 1. The highest BCUT2D eigenvalue weighted by molar-refractivity contribution is 6.35. The monoisotopic (exact) mass is 394 g/mol. The van der Waals surface area contributed by atoms with Crippen molar-refractivity contribution in [3.63, 3.8) is 0 Å². The third-order valence-electron chi connectivity index (χ3n) is 3.42. The summed E-state index contributed by atoms with van der Waals surface area (Å²) < 4.78 is 18.8. The third kappa shape index (κ3) is 3.68. The van der Waals surface area contributed by atoms with Gasteiger partial charge in [-0.15, -0.1) is 0 Å². The second kappa shape index (κ2) is 7.15. The summed E-state index contributed by atoms with van der Waals surface area (Å²) >= 11 is 12.0. The minimum Gasteiger partial charge on any atom is -0.451 e. The lowest BCUT2D eigenvalue weighted by Crippen LogP contribution is -2.11. The van der Waals surface area contributed by atoms with Crippen molar-refractivity contribution in [2.75, 3.05) is 5.32 Å². The molecule has 0 atom stereocenters. The molecular formula is C17H9Cl2FN2O4. The Labute approximate surface area is 156 Å². The van der Waals surface area contributed by atoms with Gasteiger partial charge in [-0.2, -0.15) is 4.39 Å². The lowest BCUT2D eigenvalue weighted by molar-refractivity contribution is -0.387. The molecule has 0 aliphatic heterocycles. The van der Waals surface area contributed by atoms with Gasteiger partial charge in [0, 0.05) is 22.3 Å². The van der Waals surface area contributed by atoms with Gasteiger partial charge < -0.3 is 9.73 Å². The van der Waals surface area contributed by atoms with E-state index in [2.05, 4.69) is 5.32 Å². The summed E-state index contributed by atoms with van der Waals surface area (Å²) in [6, 6.07) is 10.8. The molecule has 0 radical (unpaired) electrons. The standard InChI is InChI=1S/C17H9Cl2FN2O4/c18-9-1-3-12(19)11(7-9)15-5-6-16(26-15)17(23)21-10-2-4-13(20)14(8-10)22(24)25/h1-8H,(H,21,23). The van der Waals surface area contributed by atoms with Crippen molar-refractivity contribution in [3.8, 4) is 11.3 Å². The van der Waals surface area contributed by atoms with Crippen LogP contribution in [0.15, 0.2) is 52.9 Å². The van der Waals surface area contributed by atoms with E-state index in [4.69, 9.17) is 27.6 Å². The van der Waals surface area contributed by atoms with E-state index in [1.807, 2.05) is 0 Å². The molecule has 9 heteroatoms. The van der Waals surface area contributed by atoms with Crippen LogP contribution in [0.3, 0.4) is 0 Å². The van der Waals surface area contributed by atoms with Gasteiger partial charge >= 0.3 is 5.69 Å². The maximum absolute atomic E-state index is 13.3. The van der Waals surface area contributed by atoms with Crippen LogP contribution in [0.5, 0.6) is 0 Å². The van der Waals surface area contributed by atoms with Gasteiger partial charge in [0.05, 0.1) is 9.95 Å². The van der Waals surface area contributed by atoms with E-state index < -0.39 is 22.3 Å². The van der Waals surface area contributed by atoms with E-state index in [0.29, 0.717) is 21.4 Å². The van der Waals surface area contributed by atoms with Gasteiger partial charge in [0.25, 0.3) is 5.91 Å². The third-order valence-corrected chi connectivity index (χ3v) is 3.99. The van der Waals surface area contributed by atoms with Crippen molar-refractivity contribution >= 4 is 40.5 Å². The number of carbonyl (C=O) groups excluding carboxylic acids is 1. The highest BCUT2D eigenvalue weighted by atomic mass is 35.5. The predicted molar refractivity (Wildman–Crippen MR) is 95.2 cm³/mol. The van der Waals surface area contributed by atoms with Crippen LogP contribution in [0.2, 0.25) is 10.0 Å². The molecule has 0 unspecified atom stereocenters. The molecule has 6 nitrogen and oxygen atoms in total. The smallest absolute Gasteiger partial charge is 0.306 e. The number of hydrogen-bond donors (Lipinski definition) is 1. The highest BCUT2D eigenvalue weighted by Crippen LogP contribution is 2.32. The van der Waals surface area contributed by atoms with Crippen LogP contribution >= 0.6 is 23.2 Å². The maximum Gasteiger partial charge on any atom is 0.306 e. The van der Waals surface area contributed by atoms with Crippen LogP contribution in [0.1, 0.15) is 10.6 Å². The molecule has 26 heavy (non-hydrogen) atoms. The molecular weight excluding hydrogens is 386 g/mol. The first-order chi connectivity index (χ1) is 12.3. The van der Waals surface area contributed by atoms with Gasteiger partial charge in [-0.25, -0.2) is 0 Å². The number of furan rings is 1. The first-order valence-corrected chi connectivity index (χ1v) is 7.91. The Morgan fingerprint density at radius 3 is 2.62 bits per heavy atom. The summed E-state index contributed by atoms with van der Waals surface area (Å²) in [5, 5.41) is 14.0. The SMILES string of the molecule is O=C(Nc1ccc(F)c([N+](=O)[O-])c1)c1ccc(-c2cc(Cl)ccc2Cl)o1. The van der Waals surface area contributed by atoms with Crippen molar-refractivity contribution in [1.29, 1.82) is 0 Å². The maximum atomic E-state index is 13.3. The molecule has 1 N–H and O–H groups in total. The highest BCUT2D eigenvalue weighted by Gasteiger charge is 2.18. The fraction of sp³-hybridized carbons (Fsp3) is 0.